The van der Waals surface area contributed by atoms with Crippen molar-refractivity contribution in [2.24, 2.45) is 4.99 Å². The number of esters is 1. The van der Waals surface area contributed by atoms with Crippen LogP contribution < -0.4 is 20.1 Å². The summed E-state index contributed by atoms with van der Waals surface area (Å²) in [5.41, 5.74) is 6.35. The summed E-state index contributed by atoms with van der Waals surface area (Å²) in [6.07, 6.45) is 1.78. The van der Waals surface area contributed by atoms with Gasteiger partial charge in [0.1, 0.15) is 30.6 Å². The van der Waals surface area contributed by atoms with Gasteiger partial charge in [-0.2, -0.15) is 0 Å². The summed E-state index contributed by atoms with van der Waals surface area (Å²) >= 11 is 0. The predicted molar refractivity (Wildman–Crippen MR) is 207 cm³/mol. The first-order valence-corrected chi connectivity index (χ1v) is 19.5. The number of carbonyl (C=O) groups excluding carboxylic acids is 2. The molecule has 0 bridgehead atoms. The third kappa shape index (κ3) is 9.04. The van der Waals surface area contributed by atoms with Crippen LogP contribution in [0.1, 0.15) is 86.8 Å². The van der Waals surface area contributed by atoms with Crippen LogP contribution in [0.4, 0.5) is 4.79 Å². The molecule has 1 aliphatic heterocycles. The Morgan fingerprint density at radius 2 is 1.62 bits per heavy atom. The van der Waals surface area contributed by atoms with E-state index in [4.69, 9.17) is 14.2 Å². The molecule has 0 unspecified atom stereocenters. The van der Waals surface area contributed by atoms with E-state index in [1.165, 1.54) is 6.08 Å². The fourth-order valence-corrected chi connectivity index (χ4v) is 8.59. The molecule has 12 heteroatoms. The first-order valence-electron chi connectivity index (χ1n) is 18.0. The number of aliphatic imine (C=N–C) groups is 1. The molecule has 3 aromatic rings. The van der Waals surface area contributed by atoms with Gasteiger partial charge < -0.3 is 24.8 Å². The highest BCUT2D eigenvalue weighted by Gasteiger charge is 2.37. The van der Waals surface area contributed by atoms with E-state index in [-0.39, 0.29) is 43.0 Å². The molecule has 1 atom stereocenters. The summed E-state index contributed by atoms with van der Waals surface area (Å²) in [7, 11) is -4.07. The molecule has 0 spiro atoms. The van der Waals surface area contributed by atoms with Gasteiger partial charge in [0.15, 0.2) is 0 Å². The van der Waals surface area contributed by atoms with Gasteiger partial charge in [0.25, 0.3) is 10.0 Å². The Morgan fingerprint density at radius 1 is 1.00 bits per heavy atom. The van der Waals surface area contributed by atoms with E-state index in [1.54, 1.807) is 6.92 Å². The number of carbonyl (C=O) groups is 2. The van der Waals surface area contributed by atoms with Crippen molar-refractivity contribution in [3.05, 3.63) is 94.6 Å². The number of ether oxygens (including phenoxy) is 3. The third-order valence-corrected chi connectivity index (χ3v) is 11.1. The normalized spacial score (nSPS) is 15.4. The Hall–Kier alpha value is -4.84. The second kappa shape index (κ2) is 15.6. The molecule has 1 aliphatic carbocycles. The fraction of sp³-hybridized carbons (Fsp3) is 0.439. The molecule has 1 amide bonds. The smallest absolute Gasteiger partial charge is 0.407 e. The Labute approximate surface area is 313 Å². The summed E-state index contributed by atoms with van der Waals surface area (Å²) < 4.78 is 47.9. The van der Waals surface area contributed by atoms with E-state index in [1.807, 2.05) is 84.9 Å². The second-order valence-electron chi connectivity index (χ2n) is 15.3. The van der Waals surface area contributed by atoms with Gasteiger partial charge in [-0.1, -0.05) is 61.2 Å². The zero-order valence-corrected chi connectivity index (χ0v) is 32.8. The zero-order chi connectivity index (χ0) is 38.7. The molecule has 5 rings (SSSR count). The molecular weight excluding hydrogens is 693 g/mol. The van der Waals surface area contributed by atoms with Crippen molar-refractivity contribution in [2.75, 3.05) is 19.8 Å². The highest BCUT2D eigenvalue weighted by Crippen LogP contribution is 2.45. The van der Waals surface area contributed by atoms with Crippen molar-refractivity contribution >= 4 is 28.0 Å². The standard InChI is InChI=1S/C41H52N4O7S/c1-10-22-50-37(46)34(43-39(47)51-24-33-30-18-13-11-16-28(30)29-17-12-14-19-31(29)33)20-15-21-42-38(44-40(5,6)7)45-53(48,49)36-26(3)25(2)35-32(27(36)4)23-41(8,9)52-35/h10-14,16-19,33-34H,1,15,20-24H2,2-9H3,(H,43,47)(H2,42,44,45)/t34-/m0/s1. The minimum absolute atomic E-state index is 0.0219. The number of guanidine groups is 1. The van der Waals surface area contributed by atoms with Crippen LogP contribution in [-0.4, -0.2) is 63.4 Å². The van der Waals surface area contributed by atoms with Crippen molar-refractivity contribution < 1.29 is 32.2 Å². The maximum absolute atomic E-state index is 14.0. The Kier molecular flexibility index (Phi) is 11.6. The molecule has 3 N–H and O–H groups in total. The van der Waals surface area contributed by atoms with Gasteiger partial charge in [0.2, 0.25) is 5.96 Å². The summed E-state index contributed by atoms with van der Waals surface area (Å²) in [4.78, 5) is 30.9. The van der Waals surface area contributed by atoms with Crippen molar-refractivity contribution in [3.8, 4) is 16.9 Å². The Balaban J connectivity index is 1.27. The van der Waals surface area contributed by atoms with Crippen LogP contribution in [0.5, 0.6) is 5.75 Å². The highest BCUT2D eigenvalue weighted by atomic mass is 32.2. The molecule has 11 nitrogen and oxygen atoms in total. The van der Waals surface area contributed by atoms with Gasteiger partial charge in [-0.15, -0.1) is 0 Å². The third-order valence-electron chi connectivity index (χ3n) is 9.47. The van der Waals surface area contributed by atoms with Crippen molar-refractivity contribution in [1.82, 2.24) is 15.4 Å². The van der Waals surface area contributed by atoms with E-state index < -0.39 is 39.3 Å². The lowest BCUT2D eigenvalue weighted by Crippen LogP contribution is -2.49. The quantitative estimate of drug-likeness (QED) is 0.0607. The summed E-state index contributed by atoms with van der Waals surface area (Å²) in [6.45, 7) is 19.0. The number of nitrogens with zero attached hydrogens (tertiary/aromatic N) is 1. The van der Waals surface area contributed by atoms with E-state index in [0.717, 1.165) is 39.1 Å². The minimum Gasteiger partial charge on any atom is -0.487 e. The van der Waals surface area contributed by atoms with Gasteiger partial charge >= 0.3 is 12.1 Å². The minimum atomic E-state index is -4.07. The summed E-state index contributed by atoms with van der Waals surface area (Å²) in [5, 5.41) is 5.84. The number of amides is 1. The van der Waals surface area contributed by atoms with Gasteiger partial charge in [-0.25, -0.2) is 22.7 Å². The SMILES string of the molecule is C=CCOC(=O)[C@H](CCCN=C(NC(C)(C)C)NS(=O)(=O)c1c(C)c(C)c2c(c1C)CC(C)(C)O2)NC(=O)OCC1c2ccccc2-c2ccccc21. The lowest BCUT2D eigenvalue weighted by molar-refractivity contribution is -0.145. The molecule has 1 heterocycles. The molecule has 0 aromatic heterocycles. The number of hydrogen-bond acceptors (Lipinski definition) is 8. The molecule has 0 saturated carbocycles. The zero-order valence-electron chi connectivity index (χ0n) is 32.0. The van der Waals surface area contributed by atoms with E-state index in [2.05, 4.69) is 39.1 Å². The fourth-order valence-electron chi connectivity index (χ4n) is 7.04. The van der Waals surface area contributed by atoms with Gasteiger partial charge in [0, 0.05) is 30.0 Å². The summed E-state index contributed by atoms with van der Waals surface area (Å²) in [5.74, 6) is 0.0423. The maximum Gasteiger partial charge on any atom is 0.407 e. The lowest BCUT2D eigenvalue weighted by Gasteiger charge is -2.25. The molecule has 3 aromatic carbocycles. The van der Waals surface area contributed by atoms with Crippen LogP contribution in [0.3, 0.4) is 0 Å². The van der Waals surface area contributed by atoms with E-state index >= 15 is 0 Å². The van der Waals surface area contributed by atoms with Crippen LogP contribution in [0, 0.1) is 20.8 Å². The number of hydrogen-bond donors (Lipinski definition) is 3. The number of sulfonamides is 1. The first kappa shape index (κ1) is 39.4. The highest BCUT2D eigenvalue weighted by molar-refractivity contribution is 7.90. The van der Waals surface area contributed by atoms with Crippen molar-refractivity contribution in [2.45, 2.75) is 103 Å². The molecule has 0 radical (unpaired) electrons. The summed E-state index contributed by atoms with van der Waals surface area (Å²) in [6, 6.07) is 15.1. The monoisotopic (exact) mass is 744 g/mol. The second-order valence-corrected chi connectivity index (χ2v) is 17.0. The van der Waals surface area contributed by atoms with Gasteiger partial charge in [0.05, 0.1) is 4.90 Å². The molecule has 284 valence electrons. The number of fused-ring (bicyclic) bond motifs is 4. The largest absolute Gasteiger partial charge is 0.487 e. The van der Waals surface area contributed by atoms with Crippen LogP contribution in [0.2, 0.25) is 0 Å². The average Bonchev–Trinajstić information content (AvgIpc) is 3.59. The number of benzene rings is 3. The van der Waals surface area contributed by atoms with Gasteiger partial charge in [-0.05, 0) is 107 Å². The van der Waals surface area contributed by atoms with E-state index in [9.17, 15) is 18.0 Å². The number of rotatable bonds is 12. The Morgan fingerprint density at radius 3 is 2.23 bits per heavy atom. The average molecular weight is 745 g/mol. The Bertz CT molecular complexity index is 1990. The van der Waals surface area contributed by atoms with Crippen LogP contribution in [-0.2, 0) is 30.7 Å². The molecule has 0 saturated heterocycles. The first-order chi connectivity index (χ1) is 24.9. The molecule has 53 heavy (non-hydrogen) atoms. The predicted octanol–water partition coefficient (Wildman–Crippen LogP) is 6.76. The molecule has 2 aliphatic rings. The van der Waals surface area contributed by atoms with Gasteiger partial charge in [-0.3, -0.25) is 4.99 Å². The molecular formula is C41H52N4O7S. The van der Waals surface area contributed by atoms with E-state index in [0.29, 0.717) is 24.0 Å². The number of nitrogens with one attached hydrogen (secondary N) is 3. The number of alkyl carbamates (subject to hydrolysis) is 1. The lowest BCUT2D eigenvalue weighted by atomic mass is 9.94. The topological polar surface area (TPSA) is 144 Å². The maximum atomic E-state index is 14.0. The van der Waals surface area contributed by atoms with Crippen LogP contribution in [0.25, 0.3) is 11.1 Å². The molecule has 0 fully saturated rings. The van der Waals surface area contributed by atoms with Crippen molar-refractivity contribution in [3.63, 3.8) is 0 Å². The van der Waals surface area contributed by atoms with Crippen molar-refractivity contribution in [1.29, 1.82) is 0 Å². The van der Waals surface area contributed by atoms with Crippen LogP contribution in [0.15, 0.2) is 71.1 Å². The van der Waals surface area contributed by atoms with Crippen LogP contribution >= 0.6 is 0 Å².